The van der Waals surface area contributed by atoms with Gasteiger partial charge >= 0.3 is 0 Å². The maximum atomic E-state index is 5.72. The predicted molar refractivity (Wildman–Crippen MR) is 70.0 cm³/mol. The van der Waals surface area contributed by atoms with Crippen LogP contribution in [0.1, 0.15) is 45.6 Å². The number of hydrazine groups is 1. The highest BCUT2D eigenvalue weighted by molar-refractivity contribution is 5.22. The van der Waals surface area contributed by atoms with E-state index in [-0.39, 0.29) is 5.41 Å². The Hall–Kier alpha value is -0.860. The molecule has 0 spiro atoms. The first kappa shape index (κ1) is 13.2. The number of rotatable bonds is 4. The first-order valence-corrected chi connectivity index (χ1v) is 6.01. The third kappa shape index (κ3) is 3.06. The molecule has 2 heteroatoms. The lowest BCUT2D eigenvalue weighted by atomic mass is 9.75. The van der Waals surface area contributed by atoms with E-state index in [1.807, 2.05) is 0 Å². The monoisotopic (exact) mass is 220 g/mol. The largest absolute Gasteiger partial charge is 0.271 e. The number of hydrogen-bond acceptors (Lipinski definition) is 2. The van der Waals surface area contributed by atoms with Crippen molar-refractivity contribution >= 4 is 0 Å². The van der Waals surface area contributed by atoms with Crippen LogP contribution in [0.3, 0.4) is 0 Å². The summed E-state index contributed by atoms with van der Waals surface area (Å²) in [6.45, 7) is 8.89. The fourth-order valence-electron chi connectivity index (χ4n) is 2.33. The SMILES string of the molecule is CCC(c1ccccc1)C(NN)C(C)(C)C. The molecule has 0 aliphatic heterocycles. The van der Waals surface area contributed by atoms with Gasteiger partial charge in [-0.1, -0.05) is 58.0 Å². The molecule has 0 aliphatic rings. The second kappa shape index (κ2) is 5.46. The molecule has 2 atom stereocenters. The van der Waals surface area contributed by atoms with Crippen LogP contribution < -0.4 is 11.3 Å². The number of hydrogen-bond donors (Lipinski definition) is 2. The average molecular weight is 220 g/mol. The second-order valence-corrected chi connectivity index (χ2v) is 5.44. The van der Waals surface area contributed by atoms with Crippen molar-refractivity contribution in [3.63, 3.8) is 0 Å². The lowest BCUT2D eigenvalue weighted by molar-refractivity contribution is 0.229. The van der Waals surface area contributed by atoms with Crippen molar-refractivity contribution in [3.05, 3.63) is 35.9 Å². The topological polar surface area (TPSA) is 38.0 Å². The van der Waals surface area contributed by atoms with Crippen molar-refractivity contribution in [3.8, 4) is 0 Å². The van der Waals surface area contributed by atoms with Crippen LogP contribution in [0.15, 0.2) is 30.3 Å². The van der Waals surface area contributed by atoms with Gasteiger partial charge in [0.05, 0.1) is 0 Å². The standard InChI is InChI=1S/C14H24N2/c1-5-12(11-9-7-6-8-10-11)13(16-15)14(2,3)4/h6-10,12-13,16H,5,15H2,1-4H3. The molecule has 0 fully saturated rings. The van der Waals surface area contributed by atoms with Crippen molar-refractivity contribution in [2.45, 2.75) is 46.1 Å². The molecule has 2 unspecified atom stereocenters. The first-order valence-electron chi connectivity index (χ1n) is 6.01. The Balaban J connectivity index is 2.97. The van der Waals surface area contributed by atoms with Gasteiger partial charge in [-0.3, -0.25) is 11.3 Å². The van der Waals surface area contributed by atoms with Crippen molar-refractivity contribution in [1.82, 2.24) is 5.43 Å². The molecule has 0 amide bonds. The molecule has 1 aromatic rings. The maximum absolute atomic E-state index is 5.72. The smallest absolute Gasteiger partial charge is 0.0327 e. The number of nitrogens with one attached hydrogen (secondary N) is 1. The first-order chi connectivity index (χ1) is 7.50. The molecular formula is C14H24N2. The zero-order valence-corrected chi connectivity index (χ0v) is 10.8. The fourth-order valence-corrected chi connectivity index (χ4v) is 2.33. The summed E-state index contributed by atoms with van der Waals surface area (Å²) in [6, 6.07) is 10.9. The Kier molecular flexibility index (Phi) is 4.51. The van der Waals surface area contributed by atoms with E-state index in [4.69, 9.17) is 5.84 Å². The fraction of sp³-hybridized carbons (Fsp3) is 0.571. The minimum absolute atomic E-state index is 0.158. The van der Waals surface area contributed by atoms with Gasteiger partial charge in [0.15, 0.2) is 0 Å². The summed E-state index contributed by atoms with van der Waals surface area (Å²) in [7, 11) is 0. The minimum Gasteiger partial charge on any atom is -0.271 e. The molecule has 0 heterocycles. The van der Waals surface area contributed by atoms with E-state index in [0.717, 1.165) is 6.42 Å². The number of benzene rings is 1. The van der Waals surface area contributed by atoms with E-state index >= 15 is 0 Å². The van der Waals surface area contributed by atoms with Crippen molar-refractivity contribution in [2.75, 3.05) is 0 Å². The van der Waals surface area contributed by atoms with E-state index in [1.165, 1.54) is 5.56 Å². The van der Waals surface area contributed by atoms with E-state index in [9.17, 15) is 0 Å². The molecule has 0 saturated heterocycles. The molecule has 0 aromatic heterocycles. The van der Waals surface area contributed by atoms with Crippen LogP contribution >= 0.6 is 0 Å². The average Bonchev–Trinajstić information content (AvgIpc) is 2.25. The van der Waals surface area contributed by atoms with Crippen LogP contribution in [0.4, 0.5) is 0 Å². The summed E-state index contributed by atoms with van der Waals surface area (Å²) < 4.78 is 0. The van der Waals surface area contributed by atoms with Gasteiger partial charge in [-0.2, -0.15) is 0 Å². The van der Waals surface area contributed by atoms with Crippen LogP contribution in [0, 0.1) is 5.41 Å². The molecule has 0 bridgehead atoms. The summed E-state index contributed by atoms with van der Waals surface area (Å²) in [6.07, 6.45) is 1.09. The van der Waals surface area contributed by atoms with Gasteiger partial charge in [-0.25, -0.2) is 0 Å². The van der Waals surface area contributed by atoms with Gasteiger partial charge in [0.25, 0.3) is 0 Å². The van der Waals surface area contributed by atoms with Gasteiger partial charge in [0.1, 0.15) is 0 Å². The molecule has 16 heavy (non-hydrogen) atoms. The van der Waals surface area contributed by atoms with Gasteiger partial charge in [0, 0.05) is 12.0 Å². The molecule has 2 nitrogen and oxygen atoms in total. The quantitative estimate of drug-likeness (QED) is 0.604. The van der Waals surface area contributed by atoms with Crippen LogP contribution in [0.25, 0.3) is 0 Å². The molecular weight excluding hydrogens is 196 g/mol. The lowest BCUT2D eigenvalue weighted by Crippen LogP contribution is -2.48. The molecule has 1 rings (SSSR count). The highest BCUT2D eigenvalue weighted by atomic mass is 15.2. The summed E-state index contributed by atoms with van der Waals surface area (Å²) in [5.41, 5.74) is 4.51. The van der Waals surface area contributed by atoms with E-state index in [2.05, 4.69) is 63.5 Å². The van der Waals surface area contributed by atoms with E-state index in [1.54, 1.807) is 0 Å². The van der Waals surface area contributed by atoms with E-state index < -0.39 is 0 Å². The summed E-state index contributed by atoms with van der Waals surface area (Å²) in [5.74, 6) is 6.19. The van der Waals surface area contributed by atoms with Crippen LogP contribution in [-0.4, -0.2) is 6.04 Å². The third-order valence-electron chi connectivity index (χ3n) is 3.18. The van der Waals surface area contributed by atoms with Crippen molar-refractivity contribution in [1.29, 1.82) is 0 Å². The zero-order chi connectivity index (χ0) is 12.2. The molecule has 3 N–H and O–H groups in total. The molecule has 0 saturated carbocycles. The Morgan fingerprint density at radius 3 is 2.12 bits per heavy atom. The van der Waals surface area contributed by atoms with Crippen molar-refractivity contribution in [2.24, 2.45) is 11.3 Å². The summed E-state index contributed by atoms with van der Waals surface area (Å²) in [5, 5.41) is 0. The van der Waals surface area contributed by atoms with E-state index in [0.29, 0.717) is 12.0 Å². The molecule has 0 aliphatic carbocycles. The Morgan fingerprint density at radius 1 is 1.19 bits per heavy atom. The molecule has 90 valence electrons. The Morgan fingerprint density at radius 2 is 1.75 bits per heavy atom. The lowest BCUT2D eigenvalue weighted by Gasteiger charge is -2.36. The third-order valence-corrected chi connectivity index (χ3v) is 3.18. The highest BCUT2D eigenvalue weighted by Gasteiger charge is 2.31. The van der Waals surface area contributed by atoms with Crippen LogP contribution in [0.2, 0.25) is 0 Å². The van der Waals surface area contributed by atoms with Crippen LogP contribution in [-0.2, 0) is 0 Å². The van der Waals surface area contributed by atoms with Gasteiger partial charge in [-0.05, 0) is 17.4 Å². The normalized spacial score (nSPS) is 15.8. The summed E-state index contributed by atoms with van der Waals surface area (Å²) in [4.78, 5) is 0. The van der Waals surface area contributed by atoms with Gasteiger partial charge in [-0.15, -0.1) is 0 Å². The zero-order valence-electron chi connectivity index (χ0n) is 10.8. The highest BCUT2D eigenvalue weighted by Crippen LogP contribution is 2.33. The number of nitrogens with two attached hydrogens (primary N) is 1. The Labute approximate surface area is 99.2 Å². The molecule has 0 radical (unpaired) electrons. The minimum atomic E-state index is 0.158. The second-order valence-electron chi connectivity index (χ2n) is 5.44. The predicted octanol–water partition coefficient (Wildman–Crippen LogP) is 3.06. The summed E-state index contributed by atoms with van der Waals surface area (Å²) >= 11 is 0. The molecule has 1 aromatic carbocycles. The van der Waals surface area contributed by atoms with Crippen molar-refractivity contribution < 1.29 is 0 Å². The van der Waals surface area contributed by atoms with Gasteiger partial charge < -0.3 is 0 Å². The van der Waals surface area contributed by atoms with Crippen LogP contribution in [0.5, 0.6) is 0 Å². The Bertz CT molecular complexity index is 300. The van der Waals surface area contributed by atoms with Gasteiger partial charge in [0.2, 0.25) is 0 Å². The maximum Gasteiger partial charge on any atom is 0.0327 e.